The summed E-state index contributed by atoms with van der Waals surface area (Å²) in [4.78, 5) is 19.3. The van der Waals surface area contributed by atoms with E-state index in [4.69, 9.17) is 0 Å². The Morgan fingerprint density at radius 1 is 1.26 bits per heavy atom. The largest absolute Gasteiger partial charge is 0.322 e. The molecule has 0 unspecified atom stereocenters. The Balaban J connectivity index is 1.48. The SMILES string of the molecule is Cc1csc(-c2ccc(NC(=O)N3CCC[C@H]3c3c(C)n[nH]c3C)cc2)n1. The van der Waals surface area contributed by atoms with Gasteiger partial charge in [-0.15, -0.1) is 11.3 Å². The number of urea groups is 1. The Kier molecular flexibility index (Phi) is 4.70. The molecule has 1 aliphatic rings. The maximum Gasteiger partial charge on any atom is 0.322 e. The molecule has 1 fully saturated rings. The summed E-state index contributed by atoms with van der Waals surface area (Å²) < 4.78 is 0. The van der Waals surface area contributed by atoms with Crippen LogP contribution in [0.5, 0.6) is 0 Å². The second-order valence-electron chi connectivity index (χ2n) is 7.00. The number of aromatic nitrogens is 3. The second-order valence-corrected chi connectivity index (χ2v) is 7.86. The molecule has 0 aliphatic carbocycles. The molecule has 3 aromatic rings. The first kappa shape index (κ1) is 17.7. The average molecular weight is 382 g/mol. The summed E-state index contributed by atoms with van der Waals surface area (Å²) in [5, 5.41) is 13.4. The summed E-state index contributed by atoms with van der Waals surface area (Å²) in [6, 6.07) is 7.89. The number of aromatic amines is 1. The van der Waals surface area contributed by atoms with E-state index >= 15 is 0 Å². The number of anilines is 1. The Morgan fingerprint density at radius 2 is 2.04 bits per heavy atom. The van der Waals surface area contributed by atoms with E-state index in [1.807, 2.05) is 55.3 Å². The predicted octanol–water partition coefficient (Wildman–Crippen LogP) is 4.83. The van der Waals surface area contributed by atoms with Crippen molar-refractivity contribution in [2.75, 3.05) is 11.9 Å². The Hall–Kier alpha value is -2.67. The fourth-order valence-corrected chi connectivity index (χ4v) is 4.54. The van der Waals surface area contributed by atoms with E-state index in [9.17, 15) is 4.79 Å². The number of likely N-dealkylation sites (tertiary alicyclic amines) is 1. The van der Waals surface area contributed by atoms with Crippen LogP contribution >= 0.6 is 11.3 Å². The van der Waals surface area contributed by atoms with E-state index in [-0.39, 0.29) is 12.1 Å². The summed E-state index contributed by atoms with van der Waals surface area (Å²) >= 11 is 1.63. The highest BCUT2D eigenvalue weighted by atomic mass is 32.1. The lowest BCUT2D eigenvalue weighted by Crippen LogP contribution is -2.34. The van der Waals surface area contributed by atoms with Gasteiger partial charge in [-0.1, -0.05) is 0 Å². The molecule has 2 N–H and O–H groups in total. The Labute approximate surface area is 162 Å². The van der Waals surface area contributed by atoms with Crippen LogP contribution < -0.4 is 5.32 Å². The highest BCUT2D eigenvalue weighted by Gasteiger charge is 2.33. The summed E-state index contributed by atoms with van der Waals surface area (Å²) in [7, 11) is 0. The maximum absolute atomic E-state index is 12.9. The Morgan fingerprint density at radius 3 is 2.67 bits per heavy atom. The zero-order chi connectivity index (χ0) is 19.0. The van der Waals surface area contributed by atoms with Crippen molar-refractivity contribution < 1.29 is 4.79 Å². The van der Waals surface area contributed by atoms with Crippen LogP contribution in [0.25, 0.3) is 10.6 Å². The van der Waals surface area contributed by atoms with Crippen LogP contribution in [0, 0.1) is 20.8 Å². The number of aryl methyl sites for hydroxylation is 3. The molecule has 27 heavy (non-hydrogen) atoms. The van der Waals surface area contributed by atoms with Crippen LogP contribution in [-0.4, -0.2) is 32.7 Å². The van der Waals surface area contributed by atoms with Crippen molar-refractivity contribution in [2.24, 2.45) is 0 Å². The quantitative estimate of drug-likeness (QED) is 0.682. The number of nitrogens with zero attached hydrogens (tertiary/aromatic N) is 3. The third-order valence-corrected chi connectivity index (χ3v) is 6.04. The first-order chi connectivity index (χ1) is 13.0. The fraction of sp³-hybridized carbons (Fsp3) is 0.350. The molecule has 2 amide bonds. The number of carbonyl (C=O) groups excluding carboxylic acids is 1. The van der Waals surface area contributed by atoms with Gasteiger partial charge in [0.1, 0.15) is 5.01 Å². The van der Waals surface area contributed by atoms with Gasteiger partial charge in [0.15, 0.2) is 0 Å². The lowest BCUT2D eigenvalue weighted by molar-refractivity contribution is 0.207. The number of rotatable bonds is 3. The first-order valence-corrected chi connectivity index (χ1v) is 10.0. The molecular formula is C20H23N5OS. The summed E-state index contributed by atoms with van der Waals surface area (Å²) in [6.45, 7) is 6.76. The topological polar surface area (TPSA) is 73.9 Å². The zero-order valence-corrected chi connectivity index (χ0v) is 16.6. The highest BCUT2D eigenvalue weighted by molar-refractivity contribution is 7.13. The average Bonchev–Trinajstić information content (AvgIpc) is 3.36. The first-order valence-electron chi connectivity index (χ1n) is 9.14. The van der Waals surface area contributed by atoms with Crippen LogP contribution in [0.1, 0.15) is 41.5 Å². The van der Waals surface area contributed by atoms with Gasteiger partial charge in [0.25, 0.3) is 0 Å². The molecule has 3 heterocycles. The number of amides is 2. The minimum atomic E-state index is -0.0599. The molecule has 0 spiro atoms. The van der Waals surface area contributed by atoms with E-state index < -0.39 is 0 Å². The smallest absolute Gasteiger partial charge is 0.317 e. The fourth-order valence-electron chi connectivity index (χ4n) is 3.74. The van der Waals surface area contributed by atoms with Crippen molar-refractivity contribution in [1.29, 1.82) is 0 Å². The van der Waals surface area contributed by atoms with Gasteiger partial charge in [-0.3, -0.25) is 5.10 Å². The molecule has 1 atom stereocenters. The third-order valence-electron chi connectivity index (χ3n) is 5.03. The molecule has 140 valence electrons. The Bertz CT molecular complexity index is 940. The molecule has 0 bridgehead atoms. The van der Waals surface area contributed by atoms with Gasteiger partial charge in [0.05, 0.1) is 11.7 Å². The van der Waals surface area contributed by atoms with Gasteiger partial charge in [-0.2, -0.15) is 5.10 Å². The van der Waals surface area contributed by atoms with Crippen LogP contribution in [-0.2, 0) is 0 Å². The molecule has 7 heteroatoms. The molecule has 0 saturated carbocycles. The minimum absolute atomic E-state index is 0.0599. The van der Waals surface area contributed by atoms with Crippen LogP contribution in [0.4, 0.5) is 10.5 Å². The van der Waals surface area contributed by atoms with Gasteiger partial charge < -0.3 is 10.2 Å². The van der Waals surface area contributed by atoms with Crippen molar-refractivity contribution in [3.8, 4) is 10.6 Å². The highest BCUT2D eigenvalue weighted by Crippen LogP contribution is 2.35. The molecule has 6 nitrogen and oxygen atoms in total. The number of thiazole rings is 1. The normalized spacial score (nSPS) is 16.7. The lowest BCUT2D eigenvalue weighted by Gasteiger charge is -2.25. The lowest BCUT2D eigenvalue weighted by atomic mass is 10.0. The minimum Gasteiger partial charge on any atom is -0.317 e. The van der Waals surface area contributed by atoms with E-state index in [0.717, 1.165) is 58.3 Å². The number of H-pyrrole nitrogens is 1. The molecule has 0 radical (unpaired) electrons. The molecule has 1 saturated heterocycles. The van der Waals surface area contributed by atoms with Crippen LogP contribution in [0.2, 0.25) is 0 Å². The van der Waals surface area contributed by atoms with Crippen LogP contribution in [0.15, 0.2) is 29.6 Å². The molecule has 1 aromatic carbocycles. The summed E-state index contributed by atoms with van der Waals surface area (Å²) in [6.07, 6.45) is 1.97. The standard InChI is InChI=1S/C20H23N5OS/c1-12-11-27-19(21-12)15-6-8-16(9-7-15)22-20(26)25-10-4-5-17(25)18-13(2)23-24-14(18)3/h6-9,11,17H,4-5,10H2,1-3H3,(H,22,26)(H,23,24)/t17-/m0/s1. The van der Waals surface area contributed by atoms with Crippen molar-refractivity contribution >= 4 is 23.1 Å². The van der Waals surface area contributed by atoms with Crippen LogP contribution in [0.3, 0.4) is 0 Å². The van der Waals surface area contributed by atoms with Crippen molar-refractivity contribution in [2.45, 2.75) is 39.7 Å². The van der Waals surface area contributed by atoms with E-state index in [2.05, 4.69) is 20.5 Å². The third kappa shape index (κ3) is 3.47. The van der Waals surface area contributed by atoms with Crippen molar-refractivity contribution in [1.82, 2.24) is 20.1 Å². The van der Waals surface area contributed by atoms with Gasteiger partial charge in [0.2, 0.25) is 0 Å². The van der Waals surface area contributed by atoms with E-state index in [0.29, 0.717) is 0 Å². The number of carbonyl (C=O) groups is 1. The van der Waals surface area contributed by atoms with Crippen molar-refractivity contribution in [3.63, 3.8) is 0 Å². The van der Waals surface area contributed by atoms with Gasteiger partial charge in [0, 0.05) is 40.1 Å². The molecule has 1 aliphatic heterocycles. The summed E-state index contributed by atoms with van der Waals surface area (Å²) in [5.74, 6) is 0. The monoisotopic (exact) mass is 381 g/mol. The number of hydrogen-bond acceptors (Lipinski definition) is 4. The summed E-state index contributed by atoms with van der Waals surface area (Å²) in [5.41, 5.74) is 6.05. The van der Waals surface area contributed by atoms with E-state index in [1.54, 1.807) is 11.3 Å². The molecule has 4 rings (SSSR count). The van der Waals surface area contributed by atoms with Crippen molar-refractivity contribution in [3.05, 3.63) is 52.3 Å². The zero-order valence-electron chi connectivity index (χ0n) is 15.7. The molecular weight excluding hydrogens is 358 g/mol. The molecule has 2 aromatic heterocycles. The second kappa shape index (κ2) is 7.15. The van der Waals surface area contributed by atoms with Gasteiger partial charge >= 0.3 is 6.03 Å². The number of hydrogen-bond donors (Lipinski definition) is 2. The van der Waals surface area contributed by atoms with Gasteiger partial charge in [-0.25, -0.2) is 9.78 Å². The van der Waals surface area contributed by atoms with Gasteiger partial charge in [-0.05, 0) is 57.9 Å². The maximum atomic E-state index is 12.9. The predicted molar refractivity (Wildman–Crippen MR) is 108 cm³/mol. The number of benzene rings is 1. The number of nitrogens with one attached hydrogen (secondary N) is 2. The van der Waals surface area contributed by atoms with E-state index in [1.165, 1.54) is 0 Å².